The largest absolute Gasteiger partial charge is 0.466 e. The minimum atomic E-state index is -0.305. The van der Waals surface area contributed by atoms with Crippen molar-refractivity contribution >= 4 is 28.7 Å². The van der Waals surface area contributed by atoms with Gasteiger partial charge in [-0.15, -0.1) is 11.3 Å². The number of thiazole rings is 1. The Balaban J connectivity index is 1.57. The van der Waals surface area contributed by atoms with Crippen molar-refractivity contribution in [2.45, 2.75) is 51.7 Å². The Morgan fingerprint density at radius 1 is 1.43 bits per heavy atom. The molecule has 1 fully saturated rings. The van der Waals surface area contributed by atoms with E-state index >= 15 is 0 Å². The Labute approximate surface area is 167 Å². The first kappa shape index (κ1) is 20.4. The molecular weight excluding hydrogens is 381 g/mol. The van der Waals surface area contributed by atoms with Crippen LogP contribution in [0.4, 0.5) is 9.52 Å². The first-order valence-electron chi connectivity index (χ1n) is 9.43. The maximum atomic E-state index is 13.6. The molecule has 0 bridgehead atoms. The highest BCUT2D eigenvalue weighted by molar-refractivity contribution is 7.13. The number of hydrazone groups is 1. The van der Waals surface area contributed by atoms with Crippen LogP contribution in [0.3, 0.4) is 0 Å². The van der Waals surface area contributed by atoms with Crippen molar-refractivity contribution in [3.63, 3.8) is 0 Å². The summed E-state index contributed by atoms with van der Waals surface area (Å²) in [6.45, 7) is 2.48. The number of hydrogen-bond donors (Lipinski definition) is 1. The molecule has 8 heteroatoms. The maximum Gasteiger partial charge on any atom is 0.311 e. The van der Waals surface area contributed by atoms with Crippen molar-refractivity contribution in [2.24, 2.45) is 5.10 Å². The van der Waals surface area contributed by atoms with Crippen LogP contribution in [0, 0.1) is 5.82 Å². The van der Waals surface area contributed by atoms with Crippen molar-refractivity contribution < 1.29 is 18.7 Å². The molecule has 1 heterocycles. The number of nitrogens with zero attached hydrogens (tertiary/aromatic N) is 2. The van der Waals surface area contributed by atoms with E-state index < -0.39 is 0 Å². The third kappa shape index (κ3) is 6.10. The Hall–Kier alpha value is -2.32. The van der Waals surface area contributed by atoms with Crippen LogP contribution in [0.5, 0.6) is 0 Å². The number of ether oxygens (including phenoxy) is 2. The SMILES string of the molecule is CCOC(=O)Cc1csc(NN=Cc2ccc(F)cc2COC2CCCC2)n1. The summed E-state index contributed by atoms with van der Waals surface area (Å²) in [6, 6.07) is 4.57. The summed E-state index contributed by atoms with van der Waals surface area (Å²) in [6.07, 6.45) is 6.54. The van der Waals surface area contributed by atoms with Crippen LogP contribution in [0.15, 0.2) is 28.7 Å². The Kier molecular flexibility index (Phi) is 7.50. The Morgan fingerprint density at radius 2 is 2.25 bits per heavy atom. The summed E-state index contributed by atoms with van der Waals surface area (Å²) in [4.78, 5) is 15.8. The molecule has 2 aromatic rings. The van der Waals surface area contributed by atoms with Gasteiger partial charge in [0.05, 0.1) is 37.6 Å². The molecule has 0 radical (unpaired) electrons. The van der Waals surface area contributed by atoms with Crippen LogP contribution < -0.4 is 5.43 Å². The van der Waals surface area contributed by atoms with E-state index in [1.165, 1.54) is 36.3 Å². The third-order valence-electron chi connectivity index (χ3n) is 4.43. The van der Waals surface area contributed by atoms with Crippen LogP contribution in [0.25, 0.3) is 0 Å². The van der Waals surface area contributed by atoms with E-state index in [0.29, 0.717) is 24.0 Å². The quantitative estimate of drug-likeness (QED) is 0.383. The molecule has 1 aliphatic rings. The molecule has 1 aliphatic carbocycles. The molecule has 150 valence electrons. The van der Waals surface area contributed by atoms with E-state index in [2.05, 4.69) is 15.5 Å². The number of rotatable bonds is 9. The monoisotopic (exact) mass is 405 g/mol. The normalized spacial score (nSPS) is 14.6. The van der Waals surface area contributed by atoms with Crippen LogP contribution >= 0.6 is 11.3 Å². The Morgan fingerprint density at radius 3 is 3.04 bits per heavy atom. The van der Waals surface area contributed by atoms with Gasteiger partial charge in [-0.05, 0) is 37.5 Å². The fourth-order valence-electron chi connectivity index (χ4n) is 3.04. The van der Waals surface area contributed by atoms with Crippen molar-refractivity contribution in [1.29, 1.82) is 0 Å². The van der Waals surface area contributed by atoms with Crippen LogP contribution in [-0.4, -0.2) is 29.9 Å². The number of nitrogens with one attached hydrogen (secondary N) is 1. The second kappa shape index (κ2) is 10.3. The van der Waals surface area contributed by atoms with Crippen molar-refractivity contribution in [3.05, 3.63) is 46.2 Å². The highest BCUT2D eigenvalue weighted by atomic mass is 32.1. The summed E-state index contributed by atoms with van der Waals surface area (Å²) >= 11 is 1.35. The van der Waals surface area contributed by atoms with Gasteiger partial charge >= 0.3 is 5.97 Å². The zero-order valence-electron chi connectivity index (χ0n) is 15.8. The molecule has 1 saturated carbocycles. The van der Waals surface area contributed by atoms with Crippen LogP contribution in [0.1, 0.15) is 49.4 Å². The highest BCUT2D eigenvalue weighted by Gasteiger charge is 2.16. The zero-order chi connectivity index (χ0) is 19.8. The summed E-state index contributed by atoms with van der Waals surface area (Å²) in [5.74, 6) is -0.597. The molecule has 1 N–H and O–H groups in total. The van der Waals surface area contributed by atoms with E-state index in [-0.39, 0.29) is 24.3 Å². The standard InChI is InChI=1S/C20H24FN3O3S/c1-2-26-19(25)10-17-13-28-20(23-17)24-22-11-14-7-8-16(21)9-15(14)12-27-18-5-3-4-6-18/h7-9,11,13,18H,2-6,10,12H2,1H3,(H,23,24). The summed E-state index contributed by atoms with van der Waals surface area (Å²) in [7, 11) is 0. The van der Waals surface area contributed by atoms with Gasteiger partial charge in [-0.3, -0.25) is 10.2 Å². The lowest BCUT2D eigenvalue weighted by molar-refractivity contribution is -0.142. The molecular formula is C20H24FN3O3S. The van der Waals surface area contributed by atoms with Gasteiger partial charge in [0.25, 0.3) is 0 Å². The van der Waals surface area contributed by atoms with Gasteiger partial charge in [0.1, 0.15) is 5.82 Å². The number of hydrogen-bond acceptors (Lipinski definition) is 7. The van der Waals surface area contributed by atoms with E-state index in [9.17, 15) is 9.18 Å². The van der Waals surface area contributed by atoms with Crippen molar-refractivity contribution in [1.82, 2.24) is 4.98 Å². The van der Waals surface area contributed by atoms with Gasteiger partial charge in [-0.25, -0.2) is 9.37 Å². The maximum absolute atomic E-state index is 13.6. The van der Waals surface area contributed by atoms with Gasteiger partial charge in [-0.1, -0.05) is 18.9 Å². The first-order valence-corrected chi connectivity index (χ1v) is 10.3. The lowest BCUT2D eigenvalue weighted by atomic mass is 10.1. The lowest BCUT2D eigenvalue weighted by Gasteiger charge is -2.12. The van der Waals surface area contributed by atoms with Gasteiger partial charge in [0.2, 0.25) is 5.13 Å². The number of esters is 1. The van der Waals surface area contributed by atoms with E-state index in [4.69, 9.17) is 9.47 Å². The average Bonchev–Trinajstić information content (AvgIpc) is 3.34. The predicted molar refractivity (Wildman–Crippen MR) is 107 cm³/mol. The van der Waals surface area contributed by atoms with Crippen molar-refractivity contribution in [3.8, 4) is 0 Å². The second-order valence-corrected chi connectivity index (χ2v) is 7.41. The van der Waals surface area contributed by atoms with Crippen LogP contribution in [-0.2, 0) is 27.3 Å². The topological polar surface area (TPSA) is 72.8 Å². The third-order valence-corrected chi connectivity index (χ3v) is 5.22. The summed E-state index contributed by atoms with van der Waals surface area (Å²) in [5.41, 5.74) is 5.03. The van der Waals surface area contributed by atoms with Gasteiger partial charge in [-0.2, -0.15) is 5.10 Å². The number of carbonyl (C=O) groups is 1. The highest BCUT2D eigenvalue weighted by Crippen LogP contribution is 2.23. The minimum absolute atomic E-state index is 0.135. The number of benzene rings is 1. The van der Waals surface area contributed by atoms with E-state index in [1.807, 2.05) is 0 Å². The summed E-state index contributed by atoms with van der Waals surface area (Å²) in [5, 5.41) is 6.55. The molecule has 0 atom stereocenters. The number of anilines is 1. The first-order chi connectivity index (χ1) is 13.6. The second-order valence-electron chi connectivity index (χ2n) is 6.56. The molecule has 0 aliphatic heterocycles. The Bertz CT molecular complexity index is 819. The molecule has 0 unspecified atom stereocenters. The molecule has 1 aromatic heterocycles. The zero-order valence-corrected chi connectivity index (χ0v) is 16.6. The fourth-order valence-corrected chi connectivity index (χ4v) is 3.70. The molecule has 0 amide bonds. The smallest absolute Gasteiger partial charge is 0.311 e. The minimum Gasteiger partial charge on any atom is -0.466 e. The van der Waals surface area contributed by atoms with Gasteiger partial charge in [0.15, 0.2) is 0 Å². The molecule has 1 aromatic carbocycles. The number of carbonyl (C=O) groups excluding carboxylic acids is 1. The van der Waals surface area contributed by atoms with Crippen LogP contribution in [0.2, 0.25) is 0 Å². The van der Waals surface area contributed by atoms with E-state index in [0.717, 1.165) is 24.0 Å². The molecule has 0 saturated heterocycles. The molecule has 6 nitrogen and oxygen atoms in total. The molecule has 0 spiro atoms. The molecule has 3 rings (SSSR count). The lowest BCUT2D eigenvalue weighted by Crippen LogP contribution is -2.09. The fraction of sp³-hybridized carbons (Fsp3) is 0.450. The number of aromatic nitrogens is 1. The number of halogens is 1. The average molecular weight is 405 g/mol. The summed E-state index contributed by atoms with van der Waals surface area (Å²) < 4.78 is 24.5. The van der Waals surface area contributed by atoms with Gasteiger partial charge in [0, 0.05) is 10.9 Å². The molecule has 28 heavy (non-hydrogen) atoms. The predicted octanol–water partition coefficient (Wildman–Crippen LogP) is 4.29. The van der Waals surface area contributed by atoms with Gasteiger partial charge < -0.3 is 9.47 Å². The van der Waals surface area contributed by atoms with Crippen molar-refractivity contribution in [2.75, 3.05) is 12.0 Å². The van der Waals surface area contributed by atoms with E-state index in [1.54, 1.807) is 24.6 Å².